The smallest absolute Gasteiger partial charge is 0.261 e. The van der Waals surface area contributed by atoms with Gasteiger partial charge in [0, 0.05) is 17.5 Å². The van der Waals surface area contributed by atoms with Crippen LogP contribution in [0, 0.1) is 6.92 Å². The molecule has 1 amide bonds. The minimum atomic E-state index is -0.0420. The number of methoxy groups -OCH3 is 1. The molecule has 0 N–H and O–H groups in total. The highest BCUT2D eigenvalue weighted by atomic mass is 16.5. The predicted octanol–water partition coefficient (Wildman–Crippen LogP) is 3.47. The van der Waals surface area contributed by atoms with Crippen molar-refractivity contribution >= 4 is 16.8 Å². The molecule has 0 saturated heterocycles. The summed E-state index contributed by atoms with van der Waals surface area (Å²) in [6, 6.07) is 15.9. The first-order valence-corrected chi connectivity index (χ1v) is 8.57. The highest BCUT2D eigenvalue weighted by Gasteiger charge is 2.23. The number of aromatic nitrogens is 1. The van der Waals surface area contributed by atoms with Crippen LogP contribution in [0.1, 0.15) is 16.7 Å². The number of fused-ring (bicyclic) bond motifs is 2. The number of hydrogen-bond acceptors (Lipinski definition) is 4. The van der Waals surface area contributed by atoms with E-state index < -0.39 is 0 Å². The third-order valence-corrected chi connectivity index (χ3v) is 4.67. The minimum absolute atomic E-state index is 0.00748. The number of pyridine rings is 1. The zero-order valence-electron chi connectivity index (χ0n) is 14.9. The summed E-state index contributed by atoms with van der Waals surface area (Å²) < 4.78 is 10.9. The van der Waals surface area contributed by atoms with Crippen molar-refractivity contribution in [3.63, 3.8) is 0 Å². The number of para-hydroxylation sites is 1. The van der Waals surface area contributed by atoms with E-state index in [-0.39, 0.29) is 12.5 Å². The molecule has 1 aromatic heterocycles. The van der Waals surface area contributed by atoms with Gasteiger partial charge in [0.05, 0.1) is 19.2 Å². The Labute approximate surface area is 152 Å². The van der Waals surface area contributed by atoms with Crippen LogP contribution in [0.2, 0.25) is 0 Å². The van der Waals surface area contributed by atoms with E-state index in [1.807, 2.05) is 49.4 Å². The Morgan fingerprint density at radius 1 is 1.19 bits per heavy atom. The summed E-state index contributed by atoms with van der Waals surface area (Å²) in [6.07, 6.45) is 0. The van der Waals surface area contributed by atoms with Crippen LogP contribution in [0.4, 0.5) is 0 Å². The van der Waals surface area contributed by atoms with Crippen molar-refractivity contribution < 1.29 is 14.3 Å². The zero-order valence-corrected chi connectivity index (χ0v) is 14.9. The van der Waals surface area contributed by atoms with Gasteiger partial charge in [-0.3, -0.25) is 4.79 Å². The summed E-state index contributed by atoms with van der Waals surface area (Å²) in [6.45, 7) is 3.04. The monoisotopic (exact) mass is 348 g/mol. The molecule has 2 aromatic carbocycles. The maximum Gasteiger partial charge on any atom is 0.261 e. The van der Waals surface area contributed by atoms with Crippen LogP contribution in [0.5, 0.6) is 11.6 Å². The normalized spacial score (nSPS) is 13.9. The lowest BCUT2D eigenvalue weighted by Crippen LogP contribution is -2.31. The van der Waals surface area contributed by atoms with Crippen LogP contribution in [0.15, 0.2) is 48.5 Å². The van der Waals surface area contributed by atoms with Crippen LogP contribution >= 0.6 is 0 Å². The van der Waals surface area contributed by atoms with E-state index in [1.165, 1.54) is 0 Å². The molecular weight excluding hydrogens is 328 g/mol. The van der Waals surface area contributed by atoms with Crippen molar-refractivity contribution in [1.29, 1.82) is 0 Å². The van der Waals surface area contributed by atoms with E-state index in [2.05, 4.69) is 11.1 Å². The lowest BCUT2D eigenvalue weighted by atomic mass is 10.1. The van der Waals surface area contributed by atoms with Gasteiger partial charge in [0.1, 0.15) is 5.75 Å². The third kappa shape index (κ3) is 3.08. The van der Waals surface area contributed by atoms with Gasteiger partial charge in [-0.25, -0.2) is 4.98 Å². The number of rotatable bonds is 3. The number of ether oxygens (including phenoxy) is 2. The molecule has 0 radical (unpaired) electrons. The minimum Gasteiger partial charge on any atom is -0.497 e. The summed E-state index contributed by atoms with van der Waals surface area (Å²) >= 11 is 0. The van der Waals surface area contributed by atoms with Gasteiger partial charge in [0.15, 0.2) is 6.61 Å². The number of aryl methyl sites for hydroxylation is 1. The molecule has 4 rings (SSSR count). The van der Waals surface area contributed by atoms with Gasteiger partial charge in [-0.2, -0.15) is 0 Å². The SMILES string of the molecule is COc1ccc(CN2Cc3cc4cccc(C)c4nc3OCC2=O)cc1. The van der Waals surface area contributed by atoms with E-state index >= 15 is 0 Å². The molecule has 1 aliphatic heterocycles. The molecule has 3 aromatic rings. The van der Waals surface area contributed by atoms with Gasteiger partial charge in [0.25, 0.3) is 5.91 Å². The molecule has 0 aliphatic carbocycles. The Hall–Kier alpha value is -3.08. The van der Waals surface area contributed by atoms with Crippen LogP contribution in [0.3, 0.4) is 0 Å². The maximum atomic E-state index is 12.5. The maximum absolute atomic E-state index is 12.5. The lowest BCUT2D eigenvalue weighted by Gasteiger charge is -2.20. The van der Waals surface area contributed by atoms with Gasteiger partial charge in [-0.1, -0.05) is 30.3 Å². The van der Waals surface area contributed by atoms with E-state index in [9.17, 15) is 4.79 Å². The number of benzene rings is 2. The Kier molecular flexibility index (Phi) is 4.21. The zero-order chi connectivity index (χ0) is 18.1. The molecule has 0 spiro atoms. The summed E-state index contributed by atoms with van der Waals surface area (Å²) in [5.41, 5.74) is 4.00. The van der Waals surface area contributed by atoms with Gasteiger partial charge in [-0.05, 0) is 36.2 Å². The second-order valence-corrected chi connectivity index (χ2v) is 6.49. The topological polar surface area (TPSA) is 51.7 Å². The molecule has 0 atom stereocenters. The Bertz CT molecular complexity index is 967. The fourth-order valence-corrected chi connectivity index (χ4v) is 3.22. The Morgan fingerprint density at radius 3 is 2.77 bits per heavy atom. The number of nitrogens with zero attached hydrogens (tertiary/aromatic N) is 2. The molecule has 0 unspecified atom stereocenters. The Balaban J connectivity index is 1.65. The number of carbonyl (C=O) groups is 1. The van der Waals surface area contributed by atoms with Crippen LogP contribution < -0.4 is 9.47 Å². The average Bonchev–Trinajstić information content (AvgIpc) is 2.80. The molecule has 26 heavy (non-hydrogen) atoms. The molecule has 0 fully saturated rings. The largest absolute Gasteiger partial charge is 0.497 e. The number of hydrogen-bond donors (Lipinski definition) is 0. The van der Waals surface area contributed by atoms with Crippen molar-refractivity contribution in [3.8, 4) is 11.6 Å². The summed E-state index contributed by atoms with van der Waals surface area (Å²) in [7, 11) is 1.64. The molecule has 2 heterocycles. The highest BCUT2D eigenvalue weighted by molar-refractivity contribution is 5.84. The first-order valence-electron chi connectivity index (χ1n) is 8.57. The molecule has 0 bridgehead atoms. The number of carbonyl (C=O) groups excluding carboxylic acids is 1. The van der Waals surface area contributed by atoms with Crippen molar-refractivity contribution in [2.75, 3.05) is 13.7 Å². The van der Waals surface area contributed by atoms with E-state index in [0.29, 0.717) is 19.0 Å². The average molecular weight is 348 g/mol. The summed E-state index contributed by atoms with van der Waals surface area (Å²) in [4.78, 5) is 19.0. The fraction of sp³-hybridized carbons (Fsp3) is 0.238. The van der Waals surface area contributed by atoms with Crippen molar-refractivity contribution in [2.45, 2.75) is 20.0 Å². The van der Waals surface area contributed by atoms with Crippen molar-refractivity contribution in [1.82, 2.24) is 9.88 Å². The summed E-state index contributed by atoms with van der Waals surface area (Å²) in [5.74, 6) is 1.31. The molecule has 5 nitrogen and oxygen atoms in total. The van der Waals surface area contributed by atoms with Crippen molar-refractivity contribution in [2.24, 2.45) is 0 Å². The standard InChI is InChI=1S/C21H20N2O3/c1-14-4-3-5-16-10-17-12-23(11-15-6-8-18(25-2)9-7-15)19(24)13-26-21(17)22-20(14)16/h3-10H,11-13H2,1-2H3. The third-order valence-electron chi connectivity index (χ3n) is 4.67. The summed E-state index contributed by atoms with van der Waals surface area (Å²) in [5, 5.41) is 1.06. The van der Waals surface area contributed by atoms with Gasteiger partial charge in [0.2, 0.25) is 5.88 Å². The highest BCUT2D eigenvalue weighted by Crippen LogP contribution is 2.28. The molecule has 0 saturated carbocycles. The second kappa shape index (κ2) is 6.67. The molecule has 5 heteroatoms. The van der Waals surface area contributed by atoms with Crippen LogP contribution in [-0.4, -0.2) is 29.5 Å². The number of amides is 1. The molecule has 132 valence electrons. The van der Waals surface area contributed by atoms with Gasteiger partial charge >= 0.3 is 0 Å². The molecule has 1 aliphatic rings. The van der Waals surface area contributed by atoms with Crippen LogP contribution in [-0.2, 0) is 17.9 Å². The molecular formula is C21H20N2O3. The first-order chi connectivity index (χ1) is 12.6. The van der Waals surface area contributed by atoms with Gasteiger partial charge < -0.3 is 14.4 Å². The second-order valence-electron chi connectivity index (χ2n) is 6.49. The van der Waals surface area contributed by atoms with Gasteiger partial charge in [-0.15, -0.1) is 0 Å². The van der Waals surface area contributed by atoms with Crippen molar-refractivity contribution in [3.05, 3.63) is 65.2 Å². The first kappa shape index (κ1) is 16.4. The van der Waals surface area contributed by atoms with Crippen LogP contribution in [0.25, 0.3) is 10.9 Å². The van der Waals surface area contributed by atoms with E-state index in [0.717, 1.165) is 33.3 Å². The Morgan fingerprint density at radius 2 is 2.00 bits per heavy atom. The quantitative estimate of drug-likeness (QED) is 0.727. The van der Waals surface area contributed by atoms with E-state index in [1.54, 1.807) is 12.0 Å². The lowest BCUT2D eigenvalue weighted by molar-refractivity contribution is -0.133. The fourth-order valence-electron chi connectivity index (χ4n) is 3.22. The predicted molar refractivity (Wildman–Crippen MR) is 99.2 cm³/mol. The van der Waals surface area contributed by atoms with E-state index in [4.69, 9.17) is 9.47 Å².